The van der Waals surface area contributed by atoms with E-state index in [1.807, 2.05) is 30.3 Å². The van der Waals surface area contributed by atoms with E-state index in [1.54, 1.807) is 0 Å². The molecule has 1 heterocycles. The van der Waals surface area contributed by atoms with Crippen LogP contribution in [0.4, 0.5) is 0 Å². The van der Waals surface area contributed by atoms with Gasteiger partial charge in [-0.25, -0.2) is 0 Å². The maximum absolute atomic E-state index is 12.3. The van der Waals surface area contributed by atoms with Crippen molar-refractivity contribution in [2.24, 2.45) is 5.92 Å². The van der Waals surface area contributed by atoms with Crippen LogP contribution in [0.1, 0.15) is 46.1 Å². The third-order valence-electron chi connectivity index (χ3n) is 5.62. The van der Waals surface area contributed by atoms with Crippen molar-refractivity contribution in [2.45, 2.75) is 70.8 Å². The highest BCUT2D eigenvalue weighted by Gasteiger charge is 2.48. The zero-order valence-electron chi connectivity index (χ0n) is 16.3. The molecule has 1 aromatic rings. The summed E-state index contributed by atoms with van der Waals surface area (Å²) in [4.78, 5) is 13.2. The summed E-state index contributed by atoms with van der Waals surface area (Å²) in [6.45, 7) is 13.3. The average molecular weight is 378 g/mol. The highest BCUT2D eigenvalue weighted by molar-refractivity contribution is 7.80. The van der Waals surface area contributed by atoms with E-state index in [4.69, 9.17) is 16.6 Å². The molecular formula is C20H31NO2SSi. The van der Waals surface area contributed by atoms with Crippen molar-refractivity contribution in [3.05, 3.63) is 35.9 Å². The summed E-state index contributed by atoms with van der Waals surface area (Å²) in [5.41, 5.74) is 1.07. The van der Waals surface area contributed by atoms with Crippen LogP contribution in [-0.4, -0.2) is 31.2 Å². The monoisotopic (exact) mass is 377 g/mol. The van der Waals surface area contributed by atoms with Crippen LogP contribution in [0, 0.1) is 5.92 Å². The van der Waals surface area contributed by atoms with Gasteiger partial charge in [0.1, 0.15) is 0 Å². The molecule has 0 aromatic heterocycles. The maximum atomic E-state index is 12.3. The Hall–Kier alpha value is -1.04. The molecule has 1 aliphatic heterocycles. The molecule has 1 amide bonds. The number of nitrogens with one attached hydrogen (secondary N) is 1. The first-order chi connectivity index (χ1) is 11.6. The number of amides is 1. The van der Waals surface area contributed by atoms with E-state index in [1.165, 1.54) is 0 Å². The Morgan fingerprint density at radius 2 is 1.88 bits per heavy atom. The van der Waals surface area contributed by atoms with Gasteiger partial charge in [-0.3, -0.25) is 4.79 Å². The van der Waals surface area contributed by atoms with Crippen molar-refractivity contribution in [1.82, 2.24) is 5.32 Å². The Morgan fingerprint density at radius 3 is 2.36 bits per heavy atom. The largest absolute Gasteiger partial charge is 0.413 e. The van der Waals surface area contributed by atoms with Crippen LogP contribution in [0.15, 0.2) is 30.3 Å². The van der Waals surface area contributed by atoms with Crippen LogP contribution in [0.2, 0.25) is 18.1 Å². The van der Waals surface area contributed by atoms with Gasteiger partial charge in [0.15, 0.2) is 8.32 Å². The SMILES string of the molecule is CC[C@H](O[Si](C)(C)C(C)(C)C)[C@@H]1C(=O)N[C@@H]1CC(=S)c1ccccc1. The van der Waals surface area contributed by atoms with Crippen LogP contribution in [0.3, 0.4) is 0 Å². The smallest absolute Gasteiger partial charge is 0.228 e. The fourth-order valence-corrected chi connectivity index (χ4v) is 4.71. The second kappa shape index (κ2) is 7.68. The van der Waals surface area contributed by atoms with Crippen LogP contribution in [-0.2, 0) is 9.22 Å². The molecule has 0 spiro atoms. The molecular weight excluding hydrogens is 346 g/mol. The number of thiocarbonyl (C=S) groups is 1. The lowest BCUT2D eigenvalue weighted by molar-refractivity contribution is -0.140. The summed E-state index contributed by atoms with van der Waals surface area (Å²) in [6.07, 6.45) is 1.52. The number of rotatable bonds is 7. The number of hydrogen-bond donors (Lipinski definition) is 1. The van der Waals surface area contributed by atoms with E-state index in [2.05, 4.69) is 46.1 Å². The van der Waals surface area contributed by atoms with Crippen molar-refractivity contribution in [3.63, 3.8) is 0 Å². The molecule has 3 nitrogen and oxygen atoms in total. The fourth-order valence-electron chi connectivity index (χ4n) is 2.97. The fraction of sp³-hybridized carbons (Fsp3) is 0.600. The summed E-state index contributed by atoms with van der Waals surface area (Å²) >= 11 is 5.60. The minimum atomic E-state index is -1.91. The molecule has 0 unspecified atom stereocenters. The third kappa shape index (κ3) is 4.57. The molecule has 1 aromatic carbocycles. The van der Waals surface area contributed by atoms with E-state index < -0.39 is 8.32 Å². The van der Waals surface area contributed by atoms with Crippen molar-refractivity contribution >= 4 is 31.3 Å². The highest BCUT2D eigenvalue weighted by atomic mass is 32.1. The standard InChI is InChI=1S/C20H31NO2SSi/c1-7-16(23-25(5,6)20(2,3)4)18-15(21-19(18)22)13-17(24)14-11-9-8-10-12-14/h8-12,15-16,18H,7,13H2,1-6H3,(H,21,22)/t15-,16+,18-/m1/s1. The molecule has 1 N–H and O–H groups in total. The number of benzene rings is 1. The third-order valence-corrected chi connectivity index (χ3v) is 10.5. The number of carbonyl (C=O) groups excluding carboxylic acids is 1. The molecule has 5 heteroatoms. The van der Waals surface area contributed by atoms with Gasteiger partial charge < -0.3 is 9.74 Å². The number of hydrogen-bond acceptors (Lipinski definition) is 3. The molecule has 0 saturated carbocycles. The summed E-state index contributed by atoms with van der Waals surface area (Å²) in [5, 5.41) is 3.18. The number of β-lactam (4-membered cyclic amide) rings is 1. The minimum Gasteiger partial charge on any atom is -0.413 e. The van der Waals surface area contributed by atoms with Gasteiger partial charge in [0.25, 0.3) is 0 Å². The van der Waals surface area contributed by atoms with Gasteiger partial charge in [0.05, 0.1) is 12.0 Å². The summed E-state index contributed by atoms with van der Waals surface area (Å²) in [7, 11) is -1.91. The summed E-state index contributed by atoms with van der Waals surface area (Å²) in [6, 6.07) is 10.1. The van der Waals surface area contributed by atoms with Crippen LogP contribution >= 0.6 is 12.2 Å². The number of carbonyl (C=O) groups is 1. The first-order valence-corrected chi connectivity index (χ1v) is 12.4. The molecule has 138 valence electrons. The molecule has 25 heavy (non-hydrogen) atoms. The molecule has 1 aliphatic rings. The predicted molar refractivity (Wildman–Crippen MR) is 111 cm³/mol. The summed E-state index contributed by atoms with van der Waals surface area (Å²) in [5.74, 6) is 0.00667. The Balaban J connectivity index is 2.08. The second-order valence-corrected chi connectivity index (χ2v) is 13.7. The van der Waals surface area contributed by atoms with Gasteiger partial charge in [0, 0.05) is 17.3 Å². The molecule has 0 aliphatic carbocycles. The first kappa shape index (κ1) is 20.3. The lowest BCUT2D eigenvalue weighted by atomic mass is 9.81. The zero-order chi connectivity index (χ0) is 18.8. The lowest BCUT2D eigenvalue weighted by Gasteiger charge is -2.46. The molecule has 1 saturated heterocycles. The van der Waals surface area contributed by atoms with Crippen LogP contribution < -0.4 is 5.32 Å². The van der Waals surface area contributed by atoms with E-state index in [9.17, 15) is 4.79 Å². The summed E-state index contributed by atoms with van der Waals surface area (Å²) < 4.78 is 6.58. The Bertz CT molecular complexity index is 624. The first-order valence-electron chi connectivity index (χ1n) is 9.13. The molecule has 0 radical (unpaired) electrons. The highest BCUT2D eigenvalue weighted by Crippen LogP contribution is 2.40. The van der Waals surface area contributed by atoms with E-state index in [-0.39, 0.29) is 29.0 Å². The quantitative estimate of drug-likeness (QED) is 0.324. The van der Waals surface area contributed by atoms with Crippen molar-refractivity contribution in [2.75, 3.05) is 0 Å². The maximum Gasteiger partial charge on any atom is 0.228 e. The minimum absolute atomic E-state index is 0.0294. The molecule has 0 bridgehead atoms. The normalized spacial score (nSPS) is 22.1. The Morgan fingerprint density at radius 1 is 1.28 bits per heavy atom. The van der Waals surface area contributed by atoms with Gasteiger partial charge in [-0.2, -0.15) is 0 Å². The lowest BCUT2D eigenvalue weighted by Crippen LogP contribution is -2.64. The topological polar surface area (TPSA) is 38.3 Å². The van der Waals surface area contributed by atoms with Crippen molar-refractivity contribution in [3.8, 4) is 0 Å². The van der Waals surface area contributed by atoms with Gasteiger partial charge in [-0.15, -0.1) is 0 Å². The van der Waals surface area contributed by atoms with Gasteiger partial charge in [-0.1, -0.05) is 70.2 Å². The van der Waals surface area contributed by atoms with Gasteiger partial charge >= 0.3 is 0 Å². The van der Waals surface area contributed by atoms with Crippen molar-refractivity contribution in [1.29, 1.82) is 0 Å². The Labute approximate surface area is 158 Å². The molecule has 3 atom stereocenters. The predicted octanol–water partition coefficient (Wildman–Crippen LogP) is 4.71. The van der Waals surface area contributed by atoms with E-state index in [0.29, 0.717) is 6.42 Å². The Kier molecular flexibility index (Phi) is 6.23. The van der Waals surface area contributed by atoms with Crippen LogP contribution in [0.25, 0.3) is 0 Å². The average Bonchev–Trinajstić information content (AvgIpc) is 2.53. The van der Waals surface area contributed by atoms with Crippen molar-refractivity contribution < 1.29 is 9.22 Å². The second-order valence-electron chi connectivity index (χ2n) is 8.46. The molecule has 1 fully saturated rings. The molecule has 2 rings (SSSR count). The van der Waals surface area contributed by atoms with Gasteiger partial charge in [-0.05, 0) is 30.1 Å². The zero-order valence-corrected chi connectivity index (χ0v) is 18.1. The van der Waals surface area contributed by atoms with E-state index >= 15 is 0 Å². The van der Waals surface area contributed by atoms with Crippen LogP contribution in [0.5, 0.6) is 0 Å². The van der Waals surface area contributed by atoms with E-state index in [0.717, 1.165) is 16.8 Å². The van der Waals surface area contributed by atoms with Gasteiger partial charge in [0.2, 0.25) is 5.91 Å².